The minimum atomic E-state index is -0.0474. The molecule has 0 bridgehead atoms. The first kappa shape index (κ1) is 18.1. The van der Waals surface area contributed by atoms with Crippen LogP contribution in [0.3, 0.4) is 0 Å². The molecular weight excluding hydrogens is 344 g/mol. The van der Waals surface area contributed by atoms with Gasteiger partial charge in [-0.1, -0.05) is 37.6 Å². The average Bonchev–Trinajstić information content (AvgIpc) is 3.09. The normalized spacial score (nSPS) is 11.1. The standard InChI is InChI=1S/C21H22N2O2S/c1-2-3-4-5-11-25-18-8-6-7-16(12-18)13-21(24)23-17-9-10-19-20(14-17)26-15-22-19/h4-10,12,14-15H,2-3,11,13H2,1H3,(H,23,24). The molecule has 0 atom stereocenters. The van der Waals surface area contributed by atoms with E-state index in [1.807, 2.05) is 48.5 Å². The van der Waals surface area contributed by atoms with Crippen LogP contribution < -0.4 is 10.1 Å². The third kappa shape index (κ3) is 5.17. The van der Waals surface area contributed by atoms with Gasteiger partial charge in [0.1, 0.15) is 12.4 Å². The molecule has 0 aliphatic rings. The topological polar surface area (TPSA) is 51.2 Å². The fraction of sp³-hybridized carbons (Fsp3) is 0.238. The van der Waals surface area contributed by atoms with Crippen LogP contribution in [0.25, 0.3) is 10.2 Å². The van der Waals surface area contributed by atoms with Crippen molar-refractivity contribution in [2.75, 3.05) is 11.9 Å². The van der Waals surface area contributed by atoms with E-state index in [4.69, 9.17) is 4.74 Å². The number of hydrogen-bond acceptors (Lipinski definition) is 4. The predicted molar refractivity (Wildman–Crippen MR) is 108 cm³/mol. The van der Waals surface area contributed by atoms with E-state index in [1.54, 1.807) is 16.8 Å². The van der Waals surface area contributed by atoms with Gasteiger partial charge < -0.3 is 10.1 Å². The Morgan fingerprint density at radius 1 is 1.23 bits per heavy atom. The van der Waals surface area contributed by atoms with Gasteiger partial charge in [0.05, 0.1) is 22.1 Å². The van der Waals surface area contributed by atoms with Crippen molar-refractivity contribution in [3.05, 3.63) is 65.7 Å². The maximum Gasteiger partial charge on any atom is 0.228 e. The summed E-state index contributed by atoms with van der Waals surface area (Å²) in [6, 6.07) is 13.4. The molecule has 26 heavy (non-hydrogen) atoms. The lowest BCUT2D eigenvalue weighted by atomic mass is 10.1. The Labute approximate surface area is 157 Å². The van der Waals surface area contributed by atoms with Crippen LogP contribution in [0.4, 0.5) is 5.69 Å². The van der Waals surface area contributed by atoms with Crippen molar-refractivity contribution >= 4 is 33.1 Å². The number of rotatable bonds is 8. The maximum atomic E-state index is 12.3. The van der Waals surface area contributed by atoms with Gasteiger partial charge in [-0.2, -0.15) is 0 Å². The molecule has 4 nitrogen and oxygen atoms in total. The van der Waals surface area contributed by atoms with Crippen LogP contribution in [0.15, 0.2) is 60.1 Å². The number of thiazole rings is 1. The molecule has 0 aliphatic carbocycles. The zero-order chi connectivity index (χ0) is 18.2. The van der Waals surface area contributed by atoms with Crippen molar-refractivity contribution in [1.29, 1.82) is 0 Å². The molecule has 1 heterocycles. The first-order chi connectivity index (χ1) is 12.7. The molecule has 1 N–H and O–H groups in total. The number of carbonyl (C=O) groups excluding carboxylic acids is 1. The Morgan fingerprint density at radius 3 is 3.04 bits per heavy atom. The van der Waals surface area contributed by atoms with Gasteiger partial charge in [0.2, 0.25) is 5.91 Å². The van der Waals surface area contributed by atoms with Gasteiger partial charge >= 0.3 is 0 Å². The van der Waals surface area contributed by atoms with Crippen molar-refractivity contribution in [3.8, 4) is 5.75 Å². The lowest BCUT2D eigenvalue weighted by Crippen LogP contribution is -2.14. The highest BCUT2D eigenvalue weighted by atomic mass is 32.1. The molecule has 2 aromatic carbocycles. The highest BCUT2D eigenvalue weighted by Crippen LogP contribution is 2.22. The Hall–Kier alpha value is -2.66. The van der Waals surface area contributed by atoms with Crippen LogP contribution in [-0.2, 0) is 11.2 Å². The molecule has 1 amide bonds. The third-order valence-corrected chi connectivity index (χ3v) is 4.64. The highest BCUT2D eigenvalue weighted by molar-refractivity contribution is 7.16. The number of benzene rings is 2. The summed E-state index contributed by atoms with van der Waals surface area (Å²) in [6.45, 7) is 2.69. The van der Waals surface area contributed by atoms with E-state index in [1.165, 1.54) is 0 Å². The lowest BCUT2D eigenvalue weighted by molar-refractivity contribution is -0.115. The van der Waals surface area contributed by atoms with Gasteiger partial charge in [-0.25, -0.2) is 4.98 Å². The molecule has 0 unspecified atom stereocenters. The monoisotopic (exact) mass is 366 g/mol. The lowest BCUT2D eigenvalue weighted by Gasteiger charge is -2.08. The van der Waals surface area contributed by atoms with Crippen molar-refractivity contribution in [2.24, 2.45) is 0 Å². The number of allylic oxidation sites excluding steroid dienone is 1. The molecule has 134 valence electrons. The second kappa shape index (κ2) is 9.15. The summed E-state index contributed by atoms with van der Waals surface area (Å²) in [7, 11) is 0. The first-order valence-corrected chi connectivity index (χ1v) is 9.62. The van der Waals surface area contributed by atoms with Crippen LogP contribution in [0.1, 0.15) is 25.3 Å². The molecule has 0 saturated heterocycles. The molecule has 0 fully saturated rings. The fourth-order valence-corrected chi connectivity index (χ4v) is 3.28. The summed E-state index contributed by atoms with van der Waals surface area (Å²) in [6.07, 6.45) is 6.66. The van der Waals surface area contributed by atoms with Crippen molar-refractivity contribution in [3.63, 3.8) is 0 Å². The van der Waals surface area contributed by atoms with E-state index in [9.17, 15) is 4.79 Å². The highest BCUT2D eigenvalue weighted by Gasteiger charge is 2.06. The SMILES string of the molecule is CCCC=CCOc1cccc(CC(=O)Nc2ccc3ncsc3c2)c1. The van der Waals surface area contributed by atoms with Crippen LogP contribution >= 0.6 is 11.3 Å². The summed E-state index contributed by atoms with van der Waals surface area (Å²) >= 11 is 1.56. The molecule has 3 aromatic rings. The second-order valence-corrected chi connectivity index (χ2v) is 6.86. The van der Waals surface area contributed by atoms with E-state index in [0.717, 1.165) is 40.1 Å². The molecular formula is C21H22N2O2S. The summed E-state index contributed by atoms with van der Waals surface area (Å²) in [5.74, 6) is 0.733. The van der Waals surface area contributed by atoms with Crippen molar-refractivity contribution in [2.45, 2.75) is 26.2 Å². The Balaban J connectivity index is 1.55. The molecule has 5 heteroatoms. The minimum Gasteiger partial charge on any atom is -0.490 e. The molecule has 0 radical (unpaired) electrons. The number of aromatic nitrogens is 1. The molecule has 1 aromatic heterocycles. The zero-order valence-electron chi connectivity index (χ0n) is 14.8. The predicted octanol–water partition coefficient (Wildman–Crippen LogP) is 5.21. The Kier molecular flexibility index (Phi) is 6.39. The van der Waals surface area contributed by atoms with Crippen LogP contribution in [-0.4, -0.2) is 17.5 Å². The largest absolute Gasteiger partial charge is 0.490 e. The number of nitrogens with one attached hydrogen (secondary N) is 1. The number of hydrogen-bond donors (Lipinski definition) is 1. The summed E-state index contributed by atoms with van der Waals surface area (Å²) < 4.78 is 6.77. The van der Waals surface area contributed by atoms with Gasteiger partial charge in [-0.05, 0) is 42.3 Å². The number of anilines is 1. The van der Waals surface area contributed by atoms with E-state index >= 15 is 0 Å². The Morgan fingerprint density at radius 2 is 2.15 bits per heavy atom. The number of ether oxygens (including phenoxy) is 1. The summed E-state index contributed by atoms with van der Waals surface area (Å²) in [5.41, 5.74) is 4.47. The van der Waals surface area contributed by atoms with E-state index in [0.29, 0.717) is 13.0 Å². The molecule has 0 saturated carbocycles. The second-order valence-electron chi connectivity index (χ2n) is 5.98. The number of nitrogens with zero attached hydrogens (tertiary/aromatic N) is 1. The third-order valence-electron chi connectivity index (χ3n) is 3.85. The van der Waals surface area contributed by atoms with Crippen LogP contribution in [0.5, 0.6) is 5.75 Å². The summed E-state index contributed by atoms with van der Waals surface area (Å²) in [5, 5.41) is 2.95. The fourth-order valence-electron chi connectivity index (χ4n) is 2.57. The smallest absolute Gasteiger partial charge is 0.228 e. The number of amides is 1. The zero-order valence-corrected chi connectivity index (χ0v) is 15.6. The Bertz CT molecular complexity index is 902. The quantitative estimate of drug-likeness (QED) is 0.557. The van der Waals surface area contributed by atoms with Gasteiger partial charge in [0.25, 0.3) is 0 Å². The molecule has 0 aliphatic heterocycles. The van der Waals surface area contributed by atoms with Gasteiger partial charge in [-0.15, -0.1) is 11.3 Å². The van der Waals surface area contributed by atoms with E-state index in [2.05, 4.69) is 23.3 Å². The van der Waals surface area contributed by atoms with Crippen molar-refractivity contribution in [1.82, 2.24) is 4.98 Å². The average molecular weight is 366 g/mol. The van der Waals surface area contributed by atoms with E-state index < -0.39 is 0 Å². The number of carbonyl (C=O) groups is 1. The minimum absolute atomic E-state index is 0.0474. The van der Waals surface area contributed by atoms with Crippen molar-refractivity contribution < 1.29 is 9.53 Å². The van der Waals surface area contributed by atoms with Gasteiger partial charge in [0.15, 0.2) is 0 Å². The number of unbranched alkanes of at least 4 members (excludes halogenated alkanes) is 1. The maximum absolute atomic E-state index is 12.3. The molecule has 3 rings (SSSR count). The summed E-state index contributed by atoms with van der Waals surface area (Å²) in [4.78, 5) is 16.6. The van der Waals surface area contributed by atoms with Crippen LogP contribution in [0.2, 0.25) is 0 Å². The molecule has 0 spiro atoms. The number of fused-ring (bicyclic) bond motifs is 1. The van der Waals surface area contributed by atoms with Gasteiger partial charge in [0, 0.05) is 5.69 Å². The van der Waals surface area contributed by atoms with Gasteiger partial charge in [-0.3, -0.25) is 4.79 Å². The van der Waals surface area contributed by atoms with Crippen LogP contribution in [0, 0.1) is 0 Å². The first-order valence-electron chi connectivity index (χ1n) is 8.74. The van der Waals surface area contributed by atoms with E-state index in [-0.39, 0.29) is 5.91 Å².